The molecule has 1 amide bonds. The van der Waals surface area contributed by atoms with Crippen molar-refractivity contribution in [2.24, 2.45) is 11.8 Å². The predicted molar refractivity (Wildman–Crippen MR) is 86.8 cm³/mol. The molecule has 21 heavy (non-hydrogen) atoms. The van der Waals surface area contributed by atoms with Crippen molar-refractivity contribution >= 4 is 28.2 Å². The van der Waals surface area contributed by atoms with Gasteiger partial charge in [0.1, 0.15) is 10.7 Å². The molecule has 6 heteroatoms. The van der Waals surface area contributed by atoms with Crippen molar-refractivity contribution in [1.29, 1.82) is 0 Å². The van der Waals surface area contributed by atoms with Crippen molar-refractivity contribution in [1.82, 2.24) is 10.3 Å². The Morgan fingerprint density at radius 2 is 2.14 bits per heavy atom. The van der Waals surface area contributed by atoms with Gasteiger partial charge in [-0.1, -0.05) is 17.8 Å². The molecule has 116 valence electrons. The summed E-state index contributed by atoms with van der Waals surface area (Å²) >= 11 is 1.41. The van der Waals surface area contributed by atoms with Crippen molar-refractivity contribution in [3.05, 3.63) is 4.88 Å². The summed E-state index contributed by atoms with van der Waals surface area (Å²) in [4.78, 5) is 19.5. The summed E-state index contributed by atoms with van der Waals surface area (Å²) in [7, 11) is 0. The molecule has 5 nitrogen and oxygen atoms in total. The zero-order valence-electron chi connectivity index (χ0n) is 12.8. The van der Waals surface area contributed by atoms with E-state index in [1.54, 1.807) is 0 Å². The number of nitrogens with two attached hydrogens (primary N) is 1. The third-order valence-electron chi connectivity index (χ3n) is 4.94. The Balaban J connectivity index is 1.70. The van der Waals surface area contributed by atoms with Crippen molar-refractivity contribution < 1.29 is 4.79 Å². The minimum atomic E-state index is -0.0408. The molecular formula is C15H24N4OS. The largest absolute Gasteiger partial charge is 0.382 e. The van der Waals surface area contributed by atoms with Crippen LogP contribution >= 0.6 is 11.3 Å². The summed E-state index contributed by atoms with van der Waals surface area (Å²) in [6, 6.07) is 0.342. The van der Waals surface area contributed by atoms with Gasteiger partial charge in [0.15, 0.2) is 5.13 Å². The van der Waals surface area contributed by atoms with Gasteiger partial charge in [-0.25, -0.2) is 4.98 Å². The number of aromatic nitrogens is 1. The van der Waals surface area contributed by atoms with Gasteiger partial charge in [0.2, 0.25) is 0 Å². The van der Waals surface area contributed by atoms with E-state index in [1.165, 1.54) is 30.6 Å². The first kappa shape index (κ1) is 14.6. The van der Waals surface area contributed by atoms with Crippen LogP contribution in [0.1, 0.15) is 49.2 Å². The Labute approximate surface area is 129 Å². The number of nitrogens with one attached hydrogen (secondary N) is 1. The van der Waals surface area contributed by atoms with E-state index in [4.69, 9.17) is 5.73 Å². The molecule has 1 aromatic heterocycles. The summed E-state index contributed by atoms with van der Waals surface area (Å²) in [5, 5.41) is 4.03. The van der Waals surface area contributed by atoms with Crippen LogP contribution in [-0.2, 0) is 0 Å². The van der Waals surface area contributed by atoms with Crippen molar-refractivity contribution in [3.8, 4) is 0 Å². The molecular weight excluding hydrogens is 284 g/mol. The first-order valence-corrected chi connectivity index (χ1v) is 8.76. The van der Waals surface area contributed by atoms with Gasteiger partial charge in [-0.05, 0) is 44.9 Å². The molecule has 3 N–H and O–H groups in total. The monoisotopic (exact) mass is 308 g/mol. The molecule has 0 radical (unpaired) electrons. The number of nitrogens with zero attached hydrogens (tertiary/aromatic N) is 2. The summed E-state index contributed by atoms with van der Waals surface area (Å²) in [5.41, 5.74) is 5.95. The van der Waals surface area contributed by atoms with E-state index in [2.05, 4.69) is 29.0 Å². The predicted octanol–water partition coefficient (Wildman–Crippen LogP) is 2.49. The Bertz CT molecular complexity index is 526. The number of nitrogen functional groups attached to an aromatic ring is 1. The molecule has 0 spiro atoms. The standard InChI is InChI=1S/C15H24N4OS/c1-3-19(4-2)15-18-13(16)12(21-15)14(20)17-11-8-9-5-6-10(11)7-9/h9-11H,3-8,16H2,1-2H3,(H,17,20). The lowest BCUT2D eigenvalue weighted by atomic mass is 9.95. The number of amides is 1. The van der Waals surface area contributed by atoms with Crippen LogP contribution in [-0.4, -0.2) is 30.0 Å². The van der Waals surface area contributed by atoms with Crippen LogP contribution in [0, 0.1) is 11.8 Å². The molecule has 0 saturated heterocycles. The molecule has 2 fully saturated rings. The average molecular weight is 308 g/mol. The highest BCUT2D eigenvalue weighted by atomic mass is 32.1. The van der Waals surface area contributed by atoms with Gasteiger partial charge < -0.3 is 16.0 Å². The van der Waals surface area contributed by atoms with Gasteiger partial charge >= 0.3 is 0 Å². The minimum Gasteiger partial charge on any atom is -0.382 e. The van der Waals surface area contributed by atoms with Crippen molar-refractivity contribution in [3.63, 3.8) is 0 Å². The number of thiazole rings is 1. The Kier molecular flexibility index (Phi) is 4.06. The maximum Gasteiger partial charge on any atom is 0.265 e. The topological polar surface area (TPSA) is 71.2 Å². The second kappa shape index (κ2) is 5.83. The van der Waals surface area contributed by atoms with Crippen LogP contribution < -0.4 is 16.0 Å². The molecule has 2 aliphatic carbocycles. The summed E-state index contributed by atoms with van der Waals surface area (Å²) in [6.07, 6.45) is 5.02. The first-order valence-electron chi connectivity index (χ1n) is 7.94. The molecule has 2 aliphatic rings. The van der Waals surface area contributed by atoms with Crippen molar-refractivity contribution in [2.45, 2.75) is 45.6 Å². The lowest BCUT2D eigenvalue weighted by Crippen LogP contribution is -2.38. The Morgan fingerprint density at radius 3 is 2.71 bits per heavy atom. The van der Waals surface area contributed by atoms with E-state index < -0.39 is 0 Å². The molecule has 3 rings (SSSR count). The minimum absolute atomic E-state index is 0.0408. The van der Waals surface area contributed by atoms with Gasteiger partial charge in [-0.15, -0.1) is 0 Å². The van der Waals surface area contributed by atoms with Gasteiger partial charge in [0.25, 0.3) is 5.91 Å². The van der Waals surface area contributed by atoms with E-state index in [9.17, 15) is 4.79 Å². The lowest BCUT2D eigenvalue weighted by molar-refractivity contribution is 0.0927. The Morgan fingerprint density at radius 1 is 1.38 bits per heavy atom. The normalized spacial score (nSPS) is 27.0. The number of rotatable bonds is 5. The fraction of sp³-hybridized carbons (Fsp3) is 0.733. The fourth-order valence-electron chi connectivity index (χ4n) is 3.77. The maximum atomic E-state index is 12.5. The van der Waals surface area contributed by atoms with E-state index in [0.29, 0.717) is 22.7 Å². The van der Waals surface area contributed by atoms with Gasteiger partial charge in [0, 0.05) is 19.1 Å². The molecule has 1 heterocycles. The molecule has 3 unspecified atom stereocenters. The molecule has 0 aliphatic heterocycles. The average Bonchev–Trinajstić information content (AvgIpc) is 3.15. The van der Waals surface area contributed by atoms with E-state index >= 15 is 0 Å². The smallest absolute Gasteiger partial charge is 0.265 e. The van der Waals surface area contributed by atoms with Crippen LogP contribution in [0.25, 0.3) is 0 Å². The van der Waals surface area contributed by atoms with Crippen molar-refractivity contribution in [2.75, 3.05) is 23.7 Å². The third-order valence-corrected chi connectivity index (χ3v) is 6.07. The highest BCUT2D eigenvalue weighted by molar-refractivity contribution is 7.18. The SMILES string of the molecule is CCN(CC)c1nc(N)c(C(=O)NC2CC3CCC2C3)s1. The molecule has 2 saturated carbocycles. The molecule has 2 bridgehead atoms. The first-order chi connectivity index (χ1) is 10.1. The molecule has 1 aromatic rings. The number of fused-ring (bicyclic) bond motifs is 2. The quantitative estimate of drug-likeness (QED) is 0.876. The highest BCUT2D eigenvalue weighted by Gasteiger charge is 2.40. The second-order valence-corrected chi connectivity index (χ2v) is 7.12. The molecule has 3 atom stereocenters. The Hall–Kier alpha value is -1.30. The number of anilines is 2. The van der Waals surface area contributed by atoms with Crippen LogP contribution in [0.2, 0.25) is 0 Å². The van der Waals surface area contributed by atoms with Crippen LogP contribution in [0.4, 0.5) is 10.9 Å². The molecule has 0 aromatic carbocycles. The summed E-state index contributed by atoms with van der Waals surface area (Å²) < 4.78 is 0. The fourth-order valence-corrected chi connectivity index (χ4v) is 4.78. The number of carbonyl (C=O) groups excluding carboxylic acids is 1. The second-order valence-electron chi connectivity index (χ2n) is 6.14. The number of carbonyl (C=O) groups is 1. The van der Waals surface area contributed by atoms with E-state index in [-0.39, 0.29) is 5.91 Å². The van der Waals surface area contributed by atoms with Gasteiger partial charge in [0.05, 0.1) is 0 Å². The highest BCUT2D eigenvalue weighted by Crippen LogP contribution is 2.44. The lowest BCUT2D eigenvalue weighted by Gasteiger charge is -2.22. The van der Waals surface area contributed by atoms with Crippen LogP contribution in [0.5, 0.6) is 0 Å². The summed E-state index contributed by atoms with van der Waals surface area (Å²) in [6.45, 7) is 5.90. The van der Waals surface area contributed by atoms with E-state index in [0.717, 1.165) is 30.6 Å². The van der Waals surface area contributed by atoms with Crippen LogP contribution in [0.15, 0.2) is 0 Å². The number of hydrogen-bond acceptors (Lipinski definition) is 5. The third kappa shape index (κ3) is 2.73. The zero-order chi connectivity index (χ0) is 15.0. The number of hydrogen-bond donors (Lipinski definition) is 2. The zero-order valence-corrected chi connectivity index (χ0v) is 13.6. The van der Waals surface area contributed by atoms with E-state index in [1.807, 2.05) is 0 Å². The maximum absolute atomic E-state index is 12.5. The van der Waals surface area contributed by atoms with Gasteiger partial charge in [-0.3, -0.25) is 4.79 Å². The van der Waals surface area contributed by atoms with Crippen LogP contribution in [0.3, 0.4) is 0 Å². The van der Waals surface area contributed by atoms with Gasteiger partial charge in [-0.2, -0.15) is 0 Å². The summed E-state index contributed by atoms with van der Waals surface area (Å²) in [5.74, 6) is 1.82.